The highest BCUT2D eigenvalue weighted by molar-refractivity contribution is 5.77. The Morgan fingerprint density at radius 3 is 2.78 bits per heavy atom. The number of rotatable bonds is 2. The summed E-state index contributed by atoms with van der Waals surface area (Å²) in [6.45, 7) is 7.46. The van der Waals surface area contributed by atoms with Gasteiger partial charge in [0, 0.05) is 18.1 Å². The molecule has 4 heteroatoms. The first-order chi connectivity index (χ1) is 8.38. The Kier molecular flexibility index (Phi) is 3.11. The number of hydrogen-bond donors (Lipinski definition) is 0. The first-order valence-electron chi connectivity index (χ1n) is 6.03. The number of aromatic nitrogens is 2. The minimum absolute atomic E-state index is 0.219. The van der Waals surface area contributed by atoms with Crippen molar-refractivity contribution < 1.29 is 9.53 Å². The van der Waals surface area contributed by atoms with Crippen LogP contribution in [-0.2, 0) is 9.53 Å². The van der Waals surface area contributed by atoms with Crippen LogP contribution in [0.3, 0.4) is 0 Å². The van der Waals surface area contributed by atoms with Gasteiger partial charge in [-0.1, -0.05) is 6.07 Å². The first kappa shape index (κ1) is 12.6. The number of hydrogen-bond acceptors (Lipinski definition) is 3. The third kappa shape index (κ3) is 2.53. The van der Waals surface area contributed by atoms with Crippen LogP contribution in [0, 0.1) is 0 Å². The molecule has 0 radical (unpaired) electrons. The largest absolute Gasteiger partial charge is 0.459 e. The van der Waals surface area contributed by atoms with Crippen molar-refractivity contribution in [3.63, 3.8) is 0 Å². The summed E-state index contributed by atoms with van der Waals surface area (Å²) in [7, 11) is 0. The molecule has 0 aliphatic carbocycles. The van der Waals surface area contributed by atoms with Gasteiger partial charge in [-0.2, -0.15) is 0 Å². The van der Waals surface area contributed by atoms with Gasteiger partial charge in [0.25, 0.3) is 0 Å². The predicted molar refractivity (Wildman–Crippen MR) is 69.5 cm³/mol. The predicted octanol–water partition coefficient (Wildman–Crippen LogP) is 2.78. The summed E-state index contributed by atoms with van der Waals surface area (Å²) in [6.07, 6.45) is 3.58. The molecule has 1 atom stereocenters. The third-order valence-corrected chi connectivity index (χ3v) is 2.66. The molecule has 96 valence electrons. The number of carbonyl (C=O) groups is 1. The summed E-state index contributed by atoms with van der Waals surface area (Å²) in [5.41, 5.74) is 1.26. The molecule has 0 saturated carbocycles. The average Bonchev–Trinajstić information content (AvgIpc) is 2.73. The van der Waals surface area contributed by atoms with Crippen molar-refractivity contribution in [2.75, 3.05) is 0 Å². The molecule has 0 aliphatic rings. The highest BCUT2D eigenvalue weighted by Gasteiger charge is 2.24. The number of ether oxygens (including phenoxy) is 1. The SMILES string of the molecule is CC(C(=O)OC(C)(C)C)c1cccc2nccn12. The lowest BCUT2D eigenvalue weighted by Crippen LogP contribution is -2.27. The van der Waals surface area contributed by atoms with Crippen molar-refractivity contribution in [3.05, 3.63) is 36.3 Å². The van der Waals surface area contributed by atoms with Crippen LogP contribution in [0.5, 0.6) is 0 Å². The minimum atomic E-state index is -0.464. The van der Waals surface area contributed by atoms with Crippen molar-refractivity contribution in [2.24, 2.45) is 0 Å². The molecule has 2 heterocycles. The topological polar surface area (TPSA) is 43.6 Å². The fourth-order valence-electron chi connectivity index (χ4n) is 1.83. The zero-order valence-electron chi connectivity index (χ0n) is 11.2. The maximum Gasteiger partial charge on any atom is 0.315 e. The van der Waals surface area contributed by atoms with Crippen LogP contribution in [-0.4, -0.2) is 21.0 Å². The molecule has 0 spiro atoms. The van der Waals surface area contributed by atoms with E-state index in [0.717, 1.165) is 11.3 Å². The van der Waals surface area contributed by atoms with Crippen LogP contribution in [0.1, 0.15) is 39.3 Å². The van der Waals surface area contributed by atoms with Crippen molar-refractivity contribution in [3.8, 4) is 0 Å². The maximum absolute atomic E-state index is 12.1. The van der Waals surface area contributed by atoms with Crippen molar-refractivity contribution in [1.82, 2.24) is 9.38 Å². The molecule has 2 rings (SSSR count). The molecule has 2 aromatic rings. The normalized spacial score (nSPS) is 13.6. The molecule has 0 bridgehead atoms. The number of imidazole rings is 1. The number of esters is 1. The van der Waals surface area contributed by atoms with Crippen LogP contribution in [0.4, 0.5) is 0 Å². The number of nitrogens with zero attached hydrogens (tertiary/aromatic N) is 2. The fraction of sp³-hybridized carbons (Fsp3) is 0.429. The van der Waals surface area contributed by atoms with Gasteiger partial charge in [-0.3, -0.25) is 4.79 Å². The lowest BCUT2D eigenvalue weighted by atomic mass is 10.1. The Morgan fingerprint density at radius 1 is 1.39 bits per heavy atom. The van der Waals surface area contributed by atoms with E-state index >= 15 is 0 Å². The van der Waals surface area contributed by atoms with Crippen LogP contribution in [0.2, 0.25) is 0 Å². The molecule has 0 amide bonds. The van der Waals surface area contributed by atoms with Gasteiger partial charge in [-0.25, -0.2) is 4.98 Å². The number of fused-ring (bicyclic) bond motifs is 1. The monoisotopic (exact) mass is 246 g/mol. The molecule has 4 nitrogen and oxygen atoms in total. The van der Waals surface area contributed by atoms with Crippen molar-refractivity contribution in [2.45, 2.75) is 39.2 Å². The van der Waals surface area contributed by atoms with Crippen molar-refractivity contribution in [1.29, 1.82) is 0 Å². The van der Waals surface area contributed by atoms with E-state index in [-0.39, 0.29) is 11.9 Å². The zero-order chi connectivity index (χ0) is 13.3. The third-order valence-electron chi connectivity index (χ3n) is 2.66. The quantitative estimate of drug-likeness (QED) is 0.765. The molecular weight excluding hydrogens is 228 g/mol. The average molecular weight is 246 g/mol. The smallest absolute Gasteiger partial charge is 0.315 e. The van der Waals surface area contributed by atoms with E-state index in [4.69, 9.17) is 4.74 Å². The second-order valence-corrected chi connectivity index (χ2v) is 5.36. The summed E-state index contributed by atoms with van der Waals surface area (Å²) in [6, 6.07) is 5.73. The molecule has 0 N–H and O–H groups in total. The summed E-state index contributed by atoms with van der Waals surface area (Å²) < 4.78 is 7.32. The van der Waals surface area contributed by atoms with Gasteiger partial charge in [-0.15, -0.1) is 0 Å². The fourth-order valence-corrected chi connectivity index (χ4v) is 1.83. The van der Waals surface area contributed by atoms with E-state index in [1.54, 1.807) is 6.20 Å². The van der Waals surface area contributed by atoms with E-state index < -0.39 is 5.60 Å². The number of pyridine rings is 1. The molecule has 0 aromatic carbocycles. The lowest BCUT2D eigenvalue weighted by molar-refractivity contribution is -0.156. The van der Waals surface area contributed by atoms with Gasteiger partial charge in [0.05, 0.1) is 5.92 Å². The van der Waals surface area contributed by atoms with Crippen molar-refractivity contribution >= 4 is 11.6 Å². The standard InChI is InChI=1S/C14H18N2O2/c1-10(13(17)18-14(2,3)4)11-6-5-7-12-15-8-9-16(11)12/h5-10H,1-4H3. The zero-order valence-corrected chi connectivity index (χ0v) is 11.2. The van der Waals surface area contributed by atoms with Crippen LogP contribution in [0.15, 0.2) is 30.6 Å². The Balaban J connectivity index is 2.31. The van der Waals surface area contributed by atoms with Gasteiger partial charge in [0.15, 0.2) is 0 Å². The Morgan fingerprint density at radius 2 is 2.11 bits per heavy atom. The Hall–Kier alpha value is -1.84. The highest BCUT2D eigenvalue weighted by atomic mass is 16.6. The molecule has 0 saturated heterocycles. The van der Waals surface area contributed by atoms with E-state index in [9.17, 15) is 4.79 Å². The molecule has 0 aliphatic heterocycles. The molecule has 0 fully saturated rings. The Bertz CT molecular complexity index is 566. The van der Waals surface area contributed by atoms with E-state index in [2.05, 4.69) is 4.98 Å². The highest BCUT2D eigenvalue weighted by Crippen LogP contribution is 2.21. The first-order valence-corrected chi connectivity index (χ1v) is 6.03. The van der Waals surface area contributed by atoms with Crippen LogP contribution >= 0.6 is 0 Å². The molecular formula is C14H18N2O2. The van der Waals surface area contributed by atoms with Gasteiger partial charge < -0.3 is 9.14 Å². The van der Waals surface area contributed by atoms with Gasteiger partial charge >= 0.3 is 5.97 Å². The summed E-state index contributed by atoms with van der Waals surface area (Å²) >= 11 is 0. The second kappa shape index (κ2) is 4.44. The second-order valence-electron chi connectivity index (χ2n) is 5.36. The minimum Gasteiger partial charge on any atom is -0.459 e. The van der Waals surface area contributed by atoms with Gasteiger partial charge in [0.2, 0.25) is 0 Å². The van der Waals surface area contributed by atoms with E-state index in [1.165, 1.54) is 0 Å². The van der Waals surface area contributed by atoms with Crippen LogP contribution in [0.25, 0.3) is 5.65 Å². The lowest BCUT2D eigenvalue weighted by Gasteiger charge is -2.22. The summed E-state index contributed by atoms with van der Waals surface area (Å²) in [5.74, 6) is -0.536. The Labute approximate surface area is 107 Å². The maximum atomic E-state index is 12.1. The van der Waals surface area contributed by atoms with Crippen LogP contribution < -0.4 is 0 Å². The molecule has 2 aromatic heterocycles. The summed E-state index contributed by atoms with van der Waals surface area (Å²) in [5, 5.41) is 0. The van der Waals surface area contributed by atoms with E-state index in [0.29, 0.717) is 0 Å². The van der Waals surface area contributed by atoms with E-state index in [1.807, 2.05) is 56.5 Å². The molecule has 1 unspecified atom stereocenters. The summed E-state index contributed by atoms with van der Waals surface area (Å²) in [4.78, 5) is 16.3. The molecule has 18 heavy (non-hydrogen) atoms. The van der Waals surface area contributed by atoms with Gasteiger partial charge in [0.1, 0.15) is 11.2 Å². The van der Waals surface area contributed by atoms with Gasteiger partial charge in [-0.05, 0) is 39.8 Å². The number of carbonyl (C=O) groups excluding carboxylic acids is 1.